The van der Waals surface area contributed by atoms with Crippen LogP contribution >= 0.6 is 0 Å². The average Bonchev–Trinajstić information content (AvgIpc) is 2.73. The van der Waals surface area contributed by atoms with Crippen LogP contribution in [0.25, 0.3) is 0 Å². The Hall–Kier alpha value is -2.34. The minimum absolute atomic E-state index is 0.0207. The molecule has 2 heterocycles. The third-order valence-electron chi connectivity index (χ3n) is 3.03. The summed E-state index contributed by atoms with van der Waals surface area (Å²) < 4.78 is 24.6. The molecule has 106 valence electrons. The maximum absolute atomic E-state index is 11.8. The van der Waals surface area contributed by atoms with Gasteiger partial charge in [-0.05, 0) is 6.08 Å². The minimum atomic E-state index is -3.27. The summed E-state index contributed by atoms with van der Waals surface area (Å²) in [4.78, 5) is 23.7. The first-order chi connectivity index (χ1) is 9.26. The first kappa shape index (κ1) is 14.1. The molecular formula is C11H12N4O4S. The molecule has 0 fully saturated rings. The van der Waals surface area contributed by atoms with E-state index in [2.05, 4.69) is 5.32 Å². The summed E-state index contributed by atoms with van der Waals surface area (Å²) in [7, 11) is -0.599. The van der Waals surface area contributed by atoms with Gasteiger partial charge >= 0.3 is 5.69 Å². The zero-order valence-corrected chi connectivity index (χ0v) is 11.6. The van der Waals surface area contributed by atoms with Crippen LogP contribution in [0, 0.1) is 11.3 Å². The Morgan fingerprint density at radius 2 is 2.00 bits per heavy atom. The Morgan fingerprint density at radius 3 is 2.50 bits per heavy atom. The monoisotopic (exact) mass is 296 g/mol. The van der Waals surface area contributed by atoms with Crippen molar-refractivity contribution in [1.82, 2.24) is 9.13 Å². The van der Waals surface area contributed by atoms with Gasteiger partial charge in [0.25, 0.3) is 5.56 Å². The van der Waals surface area contributed by atoms with Gasteiger partial charge in [0.2, 0.25) is 0 Å². The molecule has 20 heavy (non-hydrogen) atoms. The lowest BCUT2D eigenvalue weighted by Gasteiger charge is -2.16. The maximum Gasteiger partial charge on any atom is 0.332 e. The highest BCUT2D eigenvalue weighted by Crippen LogP contribution is 2.15. The second-order valence-electron chi connectivity index (χ2n) is 4.45. The van der Waals surface area contributed by atoms with E-state index in [1.165, 1.54) is 20.2 Å². The minimum Gasteiger partial charge on any atom is -0.363 e. The van der Waals surface area contributed by atoms with Gasteiger partial charge in [-0.15, -0.1) is 0 Å². The van der Waals surface area contributed by atoms with Crippen LogP contribution < -0.4 is 16.6 Å². The van der Waals surface area contributed by atoms with Crippen molar-refractivity contribution in [2.24, 2.45) is 14.1 Å². The second-order valence-corrected chi connectivity index (χ2v) is 6.38. The van der Waals surface area contributed by atoms with Crippen molar-refractivity contribution >= 4 is 15.7 Å². The van der Waals surface area contributed by atoms with Crippen LogP contribution in [0.4, 0.5) is 5.82 Å². The zero-order chi connectivity index (χ0) is 15.1. The Morgan fingerprint density at radius 1 is 1.35 bits per heavy atom. The van der Waals surface area contributed by atoms with Crippen molar-refractivity contribution in [3.8, 4) is 6.07 Å². The fourth-order valence-corrected chi connectivity index (χ4v) is 3.19. The van der Waals surface area contributed by atoms with E-state index in [0.717, 1.165) is 14.5 Å². The summed E-state index contributed by atoms with van der Waals surface area (Å²) in [5.74, 6) is -0.159. The third-order valence-corrected chi connectivity index (χ3v) is 4.42. The molecule has 1 unspecified atom stereocenters. The van der Waals surface area contributed by atoms with Gasteiger partial charge in [-0.1, -0.05) is 0 Å². The zero-order valence-electron chi connectivity index (χ0n) is 10.8. The van der Waals surface area contributed by atoms with Gasteiger partial charge in [-0.2, -0.15) is 5.26 Å². The molecule has 0 aromatic carbocycles. The fourth-order valence-electron chi connectivity index (χ4n) is 1.96. The largest absolute Gasteiger partial charge is 0.363 e. The van der Waals surface area contributed by atoms with E-state index in [0.29, 0.717) is 0 Å². The van der Waals surface area contributed by atoms with Crippen LogP contribution in [-0.4, -0.2) is 29.3 Å². The lowest BCUT2D eigenvalue weighted by molar-refractivity contribution is 0.605. The summed E-state index contributed by atoms with van der Waals surface area (Å²) in [6.45, 7) is 0. The van der Waals surface area contributed by atoms with Crippen LogP contribution in [0.3, 0.4) is 0 Å². The molecule has 0 amide bonds. The normalized spacial score (nSPS) is 19.8. The van der Waals surface area contributed by atoms with Crippen molar-refractivity contribution in [3.63, 3.8) is 0 Å². The highest BCUT2D eigenvalue weighted by Gasteiger charge is 2.24. The Bertz CT molecular complexity index is 854. The van der Waals surface area contributed by atoms with Crippen LogP contribution in [0.5, 0.6) is 0 Å². The lowest BCUT2D eigenvalue weighted by atomic mass is 10.2. The number of anilines is 1. The van der Waals surface area contributed by atoms with Crippen molar-refractivity contribution in [2.75, 3.05) is 11.1 Å². The van der Waals surface area contributed by atoms with E-state index in [4.69, 9.17) is 5.26 Å². The molecule has 1 atom stereocenters. The molecule has 8 nitrogen and oxygen atoms in total. The van der Waals surface area contributed by atoms with Gasteiger partial charge in [-0.3, -0.25) is 13.9 Å². The molecule has 0 bridgehead atoms. The van der Waals surface area contributed by atoms with Gasteiger partial charge in [0.15, 0.2) is 15.4 Å². The summed E-state index contributed by atoms with van der Waals surface area (Å²) in [6.07, 6.45) is 1.42. The van der Waals surface area contributed by atoms with Gasteiger partial charge in [0.1, 0.15) is 11.9 Å². The molecule has 1 aliphatic rings. The second kappa shape index (κ2) is 4.64. The Kier molecular flexibility index (Phi) is 3.27. The quantitative estimate of drug-likeness (QED) is 0.724. The van der Waals surface area contributed by atoms with Crippen LogP contribution in [0.1, 0.15) is 5.56 Å². The maximum atomic E-state index is 11.8. The predicted octanol–water partition coefficient (Wildman–Crippen LogP) is -1.32. The smallest absolute Gasteiger partial charge is 0.332 e. The first-order valence-electron chi connectivity index (χ1n) is 5.64. The number of hydrogen-bond acceptors (Lipinski definition) is 6. The molecule has 1 aromatic rings. The summed E-state index contributed by atoms with van der Waals surface area (Å²) in [5.41, 5.74) is -1.54. The summed E-state index contributed by atoms with van der Waals surface area (Å²) in [5, 5.41) is 12.9. The molecule has 0 saturated heterocycles. The number of nitrogens with zero attached hydrogens (tertiary/aromatic N) is 3. The number of rotatable bonds is 2. The van der Waals surface area contributed by atoms with E-state index in [9.17, 15) is 18.0 Å². The Labute approximate surface area is 114 Å². The summed E-state index contributed by atoms with van der Waals surface area (Å²) in [6, 6.07) is 1.16. The molecule has 0 saturated carbocycles. The molecule has 0 spiro atoms. The van der Waals surface area contributed by atoms with Crippen molar-refractivity contribution in [1.29, 1.82) is 5.26 Å². The number of nitriles is 1. The van der Waals surface area contributed by atoms with Crippen molar-refractivity contribution < 1.29 is 8.42 Å². The highest BCUT2D eigenvalue weighted by molar-refractivity contribution is 7.94. The predicted molar refractivity (Wildman–Crippen MR) is 72.0 cm³/mol. The van der Waals surface area contributed by atoms with Crippen molar-refractivity contribution in [2.45, 2.75) is 6.04 Å². The fraction of sp³-hybridized carbons (Fsp3) is 0.364. The lowest BCUT2D eigenvalue weighted by Crippen LogP contribution is -2.41. The van der Waals surface area contributed by atoms with E-state index >= 15 is 0 Å². The van der Waals surface area contributed by atoms with E-state index in [1.807, 2.05) is 0 Å². The van der Waals surface area contributed by atoms with Crippen LogP contribution in [0.2, 0.25) is 0 Å². The number of aromatic nitrogens is 2. The van der Waals surface area contributed by atoms with Gasteiger partial charge in [0.05, 0.1) is 11.8 Å². The van der Waals surface area contributed by atoms with E-state index < -0.39 is 27.1 Å². The Balaban J connectivity index is 2.54. The van der Waals surface area contributed by atoms with E-state index in [1.54, 1.807) is 6.07 Å². The summed E-state index contributed by atoms with van der Waals surface area (Å²) >= 11 is 0. The third kappa shape index (κ3) is 2.25. The van der Waals surface area contributed by atoms with Gasteiger partial charge in [-0.25, -0.2) is 13.2 Å². The van der Waals surface area contributed by atoms with Crippen molar-refractivity contribution in [3.05, 3.63) is 37.9 Å². The SMILES string of the molecule is Cn1c(NC2C=CS(=O)(=O)C2)c(C#N)c(=O)n(C)c1=O. The van der Waals surface area contributed by atoms with Crippen LogP contribution in [0.15, 0.2) is 21.1 Å². The molecular weight excluding hydrogens is 284 g/mol. The molecule has 1 aliphatic heterocycles. The molecule has 0 aliphatic carbocycles. The number of nitrogens with one attached hydrogen (secondary N) is 1. The molecule has 1 N–H and O–H groups in total. The van der Waals surface area contributed by atoms with Gasteiger partial charge in [0, 0.05) is 19.5 Å². The molecule has 1 aromatic heterocycles. The highest BCUT2D eigenvalue weighted by atomic mass is 32.2. The number of sulfone groups is 1. The van der Waals surface area contributed by atoms with Gasteiger partial charge < -0.3 is 5.32 Å². The average molecular weight is 296 g/mol. The molecule has 9 heteroatoms. The molecule has 2 rings (SSSR count). The topological polar surface area (TPSA) is 114 Å². The number of hydrogen-bond donors (Lipinski definition) is 1. The standard InChI is InChI=1S/C11H12N4O4S/c1-14-9(13-7-3-4-20(18,19)6-7)8(5-12)10(16)15(2)11(14)17/h3-4,7,13H,6H2,1-2H3. The first-order valence-corrected chi connectivity index (χ1v) is 7.36. The molecule has 0 radical (unpaired) electrons. The van der Waals surface area contributed by atoms with E-state index in [-0.39, 0.29) is 17.1 Å². The van der Waals surface area contributed by atoms with Crippen LogP contribution in [-0.2, 0) is 23.9 Å².